The van der Waals surface area contributed by atoms with Crippen molar-refractivity contribution >= 4 is 11.8 Å². The number of carbonyl (C=O) groups is 2. The van der Waals surface area contributed by atoms with Crippen LogP contribution in [0.2, 0.25) is 0 Å². The van der Waals surface area contributed by atoms with Crippen LogP contribution in [0.25, 0.3) is 0 Å². The number of benzene rings is 1. The van der Waals surface area contributed by atoms with Crippen LogP contribution in [0.4, 0.5) is 0 Å². The summed E-state index contributed by atoms with van der Waals surface area (Å²) in [5.41, 5.74) is 2.26. The van der Waals surface area contributed by atoms with E-state index in [1.807, 2.05) is 22.8 Å². The molecule has 0 spiro atoms. The Morgan fingerprint density at radius 2 is 1.53 bits per heavy atom. The lowest BCUT2D eigenvalue weighted by atomic mass is 10.0. The van der Waals surface area contributed by atoms with Gasteiger partial charge in [-0.15, -0.1) is 0 Å². The highest BCUT2D eigenvalue weighted by Gasteiger charge is 2.25. The van der Waals surface area contributed by atoms with Gasteiger partial charge in [0.2, 0.25) is 5.91 Å². The molecule has 0 saturated carbocycles. The van der Waals surface area contributed by atoms with Crippen molar-refractivity contribution in [2.45, 2.75) is 52.4 Å². The Bertz CT molecular complexity index is 718. The van der Waals surface area contributed by atoms with Gasteiger partial charge in [0, 0.05) is 39.3 Å². The van der Waals surface area contributed by atoms with E-state index in [2.05, 4.69) is 30.9 Å². The first-order chi connectivity index (χ1) is 14.4. The van der Waals surface area contributed by atoms with Gasteiger partial charge in [0.1, 0.15) is 5.75 Å². The first-order valence-corrected chi connectivity index (χ1v) is 11.5. The largest absolute Gasteiger partial charge is 0.483 e. The predicted octanol–water partition coefficient (Wildman–Crippen LogP) is 3.04. The quantitative estimate of drug-likeness (QED) is 0.717. The summed E-state index contributed by atoms with van der Waals surface area (Å²) in [7, 11) is 0. The van der Waals surface area contributed by atoms with E-state index in [4.69, 9.17) is 4.74 Å². The molecule has 2 aliphatic rings. The third kappa shape index (κ3) is 6.21. The van der Waals surface area contributed by atoms with Crippen molar-refractivity contribution in [2.24, 2.45) is 0 Å². The molecule has 2 saturated heterocycles. The van der Waals surface area contributed by atoms with Gasteiger partial charge in [0.15, 0.2) is 6.61 Å². The molecule has 6 nitrogen and oxygen atoms in total. The Kier molecular flexibility index (Phi) is 8.14. The molecule has 0 atom stereocenters. The summed E-state index contributed by atoms with van der Waals surface area (Å²) in [6.07, 6.45) is 4.70. The maximum absolute atomic E-state index is 12.7. The lowest BCUT2D eigenvalue weighted by Crippen LogP contribution is -2.52. The van der Waals surface area contributed by atoms with E-state index in [-0.39, 0.29) is 18.4 Å². The second-order valence-electron chi connectivity index (χ2n) is 8.94. The van der Waals surface area contributed by atoms with Gasteiger partial charge in [0.05, 0.1) is 6.54 Å². The predicted molar refractivity (Wildman–Crippen MR) is 119 cm³/mol. The van der Waals surface area contributed by atoms with Gasteiger partial charge in [-0.3, -0.25) is 14.5 Å². The van der Waals surface area contributed by atoms with Crippen molar-refractivity contribution in [1.82, 2.24) is 14.7 Å². The first kappa shape index (κ1) is 22.6. The third-order valence-corrected chi connectivity index (χ3v) is 6.18. The highest BCUT2D eigenvalue weighted by molar-refractivity contribution is 5.79. The molecule has 30 heavy (non-hydrogen) atoms. The molecule has 166 valence electrons. The number of ether oxygens (including phenoxy) is 1. The van der Waals surface area contributed by atoms with Gasteiger partial charge in [-0.05, 0) is 42.9 Å². The minimum atomic E-state index is 0.0182. The highest BCUT2D eigenvalue weighted by atomic mass is 16.5. The zero-order valence-electron chi connectivity index (χ0n) is 18.9. The van der Waals surface area contributed by atoms with Crippen molar-refractivity contribution in [1.29, 1.82) is 0 Å². The molecule has 2 heterocycles. The minimum Gasteiger partial charge on any atom is -0.483 e. The van der Waals surface area contributed by atoms with Crippen LogP contribution in [-0.2, 0) is 9.59 Å². The number of nitrogens with zero attached hydrogens (tertiary/aromatic N) is 3. The van der Waals surface area contributed by atoms with Crippen molar-refractivity contribution in [3.63, 3.8) is 0 Å². The molecular weight excluding hydrogens is 378 g/mol. The summed E-state index contributed by atoms with van der Waals surface area (Å²) in [6.45, 7) is 11.4. The number of hydrogen-bond donors (Lipinski definition) is 0. The van der Waals surface area contributed by atoms with E-state index >= 15 is 0 Å². The fourth-order valence-corrected chi connectivity index (χ4v) is 4.24. The SMILES string of the molecule is Cc1ccc(C(C)C)c(OCC(=O)N2CCN(CC(=O)N3CCCCCC3)CC2)c1. The van der Waals surface area contributed by atoms with E-state index in [0.717, 1.165) is 55.9 Å². The van der Waals surface area contributed by atoms with E-state index in [1.54, 1.807) is 0 Å². The lowest BCUT2D eigenvalue weighted by Gasteiger charge is -2.35. The topological polar surface area (TPSA) is 53.1 Å². The van der Waals surface area contributed by atoms with Crippen LogP contribution in [0.3, 0.4) is 0 Å². The number of aryl methyl sites for hydroxylation is 1. The standard InChI is InChI=1S/C24H37N3O3/c1-19(2)21-9-8-20(3)16-22(21)30-18-24(29)27-14-12-25(13-15-27)17-23(28)26-10-6-4-5-7-11-26/h8-9,16,19H,4-7,10-15,17-18H2,1-3H3. The van der Waals surface area contributed by atoms with E-state index < -0.39 is 0 Å². The summed E-state index contributed by atoms with van der Waals surface area (Å²) in [6, 6.07) is 6.17. The average Bonchev–Trinajstić information content (AvgIpc) is 3.02. The normalized spacial score (nSPS) is 18.4. The second kappa shape index (κ2) is 10.8. The maximum Gasteiger partial charge on any atom is 0.260 e. The maximum atomic E-state index is 12.7. The van der Waals surface area contributed by atoms with Crippen LogP contribution in [-0.4, -0.2) is 78.9 Å². The molecule has 0 N–H and O–H groups in total. The first-order valence-electron chi connectivity index (χ1n) is 11.5. The highest BCUT2D eigenvalue weighted by Crippen LogP contribution is 2.27. The Hall–Kier alpha value is -2.08. The summed E-state index contributed by atoms with van der Waals surface area (Å²) in [5, 5.41) is 0. The van der Waals surface area contributed by atoms with Gasteiger partial charge < -0.3 is 14.5 Å². The van der Waals surface area contributed by atoms with Crippen molar-refractivity contribution < 1.29 is 14.3 Å². The fourth-order valence-electron chi connectivity index (χ4n) is 4.24. The minimum absolute atomic E-state index is 0.0182. The number of piperazine rings is 1. The number of amides is 2. The van der Waals surface area contributed by atoms with E-state index in [9.17, 15) is 9.59 Å². The molecule has 2 amide bonds. The Morgan fingerprint density at radius 1 is 0.900 bits per heavy atom. The average molecular weight is 416 g/mol. The lowest BCUT2D eigenvalue weighted by molar-refractivity contribution is -0.136. The molecule has 1 aromatic rings. The van der Waals surface area contributed by atoms with Crippen molar-refractivity contribution in [2.75, 3.05) is 52.4 Å². The van der Waals surface area contributed by atoms with Crippen LogP contribution in [0.15, 0.2) is 18.2 Å². The molecule has 0 aromatic heterocycles. The zero-order valence-corrected chi connectivity index (χ0v) is 18.9. The zero-order chi connectivity index (χ0) is 21.5. The Labute approximate surface area is 181 Å². The van der Waals surface area contributed by atoms with Crippen LogP contribution in [0.5, 0.6) is 5.75 Å². The van der Waals surface area contributed by atoms with E-state index in [1.165, 1.54) is 12.8 Å². The van der Waals surface area contributed by atoms with Gasteiger partial charge in [-0.25, -0.2) is 0 Å². The molecular formula is C24H37N3O3. The van der Waals surface area contributed by atoms with Gasteiger partial charge in [-0.1, -0.05) is 38.8 Å². The van der Waals surface area contributed by atoms with Gasteiger partial charge in [0.25, 0.3) is 5.91 Å². The van der Waals surface area contributed by atoms with Crippen molar-refractivity contribution in [3.05, 3.63) is 29.3 Å². The monoisotopic (exact) mass is 415 g/mol. The van der Waals surface area contributed by atoms with Crippen LogP contribution in [0.1, 0.15) is 56.6 Å². The van der Waals surface area contributed by atoms with Crippen molar-refractivity contribution in [3.8, 4) is 5.75 Å². The number of hydrogen-bond acceptors (Lipinski definition) is 4. The molecule has 6 heteroatoms. The number of likely N-dealkylation sites (tertiary alicyclic amines) is 1. The number of rotatable bonds is 6. The fraction of sp³-hybridized carbons (Fsp3) is 0.667. The summed E-state index contributed by atoms with van der Waals surface area (Å²) in [5.74, 6) is 1.41. The van der Waals surface area contributed by atoms with Crippen LogP contribution >= 0.6 is 0 Å². The van der Waals surface area contributed by atoms with E-state index in [0.29, 0.717) is 25.6 Å². The Balaban J connectivity index is 1.44. The Morgan fingerprint density at radius 3 is 2.17 bits per heavy atom. The molecule has 3 rings (SSSR count). The molecule has 2 fully saturated rings. The molecule has 2 aliphatic heterocycles. The van der Waals surface area contributed by atoms with Gasteiger partial charge >= 0.3 is 0 Å². The molecule has 0 radical (unpaired) electrons. The smallest absolute Gasteiger partial charge is 0.260 e. The molecule has 0 aliphatic carbocycles. The van der Waals surface area contributed by atoms with Gasteiger partial charge in [-0.2, -0.15) is 0 Å². The molecule has 0 bridgehead atoms. The second-order valence-corrected chi connectivity index (χ2v) is 8.94. The van der Waals surface area contributed by atoms with Crippen LogP contribution < -0.4 is 4.74 Å². The summed E-state index contributed by atoms with van der Waals surface area (Å²) >= 11 is 0. The molecule has 0 unspecified atom stereocenters. The van der Waals surface area contributed by atoms with Crippen LogP contribution in [0, 0.1) is 6.92 Å². The number of carbonyl (C=O) groups excluding carboxylic acids is 2. The molecule has 1 aromatic carbocycles. The summed E-state index contributed by atoms with van der Waals surface area (Å²) in [4.78, 5) is 31.3. The summed E-state index contributed by atoms with van der Waals surface area (Å²) < 4.78 is 5.91. The third-order valence-electron chi connectivity index (χ3n) is 6.18.